The number of anilines is 1. The highest BCUT2D eigenvalue weighted by Crippen LogP contribution is 2.30. The number of hydrogen-bond acceptors (Lipinski definition) is 3. The summed E-state index contributed by atoms with van der Waals surface area (Å²) in [6, 6.07) is 18.7. The number of carbonyl (C=O) groups excluding carboxylic acids is 1. The summed E-state index contributed by atoms with van der Waals surface area (Å²) < 4.78 is 66.3. The number of benzene rings is 3. The minimum Gasteiger partial charge on any atom is -0.325 e. The highest BCUT2D eigenvalue weighted by molar-refractivity contribution is 9.10. The summed E-state index contributed by atoms with van der Waals surface area (Å²) in [5.74, 6) is -0.679. The Morgan fingerprint density at radius 1 is 0.906 bits per heavy atom. The van der Waals surface area contributed by atoms with Crippen molar-refractivity contribution in [1.29, 1.82) is 0 Å². The van der Waals surface area contributed by atoms with Crippen LogP contribution in [0.1, 0.15) is 11.1 Å². The van der Waals surface area contributed by atoms with Gasteiger partial charge in [0.05, 0.1) is 17.0 Å². The Labute approximate surface area is 192 Å². The van der Waals surface area contributed by atoms with Crippen molar-refractivity contribution in [3.05, 3.63) is 94.5 Å². The Morgan fingerprint density at radius 3 is 2.06 bits per heavy atom. The fraction of sp³-hybridized carbons (Fsp3) is 0.136. The van der Waals surface area contributed by atoms with Gasteiger partial charge in [-0.2, -0.15) is 17.5 Å². The smallest absolute Gasteiger partial charge is 0.325 e. The molecule has 0 aliphatic rings. The normalized spacial score (nSPS) is 12.0. The maximum absolute atomic E-state index is 13.2. The summed E-state index contributed by atoms with van der Waals surface area (Å²) >= 11 is 3.25. The number of halogens is 4. The first-order valence-corrected chi connectivity index (χ1v) is 11.6. The fourth-order valence-electron chi connectivity index (χ4n) is 2.87. The molecule has 0 spiro atoms. The monoisotopic (exact) mass is 526 g/mol. The highest BCUT2D eigenvalue weighted by Gasteiger charge is 2.30. The van der Waals surface area contributed by atoms with E-state index in [1.54, 1.807) is 42.5 Å². The topological polar surface area (TPSA) is 66.5 Å². The van der Waals surface area contributed by atoms with Gasteiger partial charge in [0.25, 0.3) is 0 Å². The van der Waals surface area contributed by atoms with Crippen LogP contribution in [0.5, 0.6) is 0 Å². The number of nitrogens with zero attached hydrogens (tertiary/aromatic N) is 1. The minimum atomic E-state index is -4.49. The molecule has 0 atom stereocenters. The van der Waals surface area contributed by atoms with Gasteiger partial charge in [0, 0.05) is 16.7 Å². The average Bonchev–Trinajstić information content (AvgIpc) is 2.74. The predicted molar refractivity (Wildman–Crippen MR) is 118 cm³/mol. The number of nitrogens with one attached hydrogen (secondary N) is 1. The molecule has 0 bridgehead atoms. The molecule has 0 aliphatic carbocycles. The van der Waals surface area contributed by atoms with Crippen LogP contribution in [0, 0.1) is 0 Å². The summed E-state index contributed by atoms with van der Waals surface area (Å²) in [4.78, 5) is 12.6. The van der Waals surface area contributed by atoms with Crippen LogP contribution in [-0.2, 0) is 27.5 Å². The van der Waals surface area contributed by atoms with E-state index in [0.29, 0.717) is 10.0 Å². The number of rotatable bonds is 7. The molecular weight excluding hydrogens is 509 g/mol. The lowest BCUT2D eigenvalue weighted by Crippen LogP contribution is -2.37. The Kier molecular flexibility index (Phi) is 7.37. The van der Waals surface area contributed by atoms with Crippen LogP contribution in [0.2, 0.25) is 0 Å². The van der Waals surface area contributed by atoms with E-state index in [9.17, 15) is 26.4 Å². The van der Waals surface area contributed by atoms with Gasteiger partial charge < -0.3 is 5.32 Å². The van der Waals surface area contributed by atoms with Gasteiger partial charge in [0.15, 0.2) is 0 Å². The number of alkyl halides is 3. The molecule has 32 heavy (non-hydrogen) atoms. The zero-order valence-electron chi connectivity index (χ0n) is 16.5. The third-order valence-corrected chi connectivity index (χ3v) is 6.80. The first-order chi connectivity index (χ1) is 15.1. The van der Waals surface area contributed by atoms with Gasteiger partial charge in [0.2, 0.25) is 15.9 Å². The van der Waals surface area contributed by atoms with Gasteiger partial charge in [0.1, 0.15) is 0 Å². The summed E-state index contributed by atoms with van der Waals surface area (Å²) in [6.45, 7) is -0.575. The molecule has 168 valence electrons. The second kappa shape index (κ2) is 9.85. The zero-order chi connectivity index (χ0) is 23.4. The Hall–Kier alpha value is -2.69. The van der Waals surface area contributed by atoms with E-state index in [4.69, 9.17) is 0 Å². The van der Waals surface area contributed by atoms with Crippen LogP contribution in [0.3, 0.4) is 0 Å². The molecule has 0 saturated heterocycles. The Balaban J connectivity index is 1.82. The summed E-state index contributed by atoms with van der Waals surface area (Å²) in [5.41, 5.74) is -0.0433. The first kappa shape index (κ1) is 24.0. The van der Waals surface area contributed by atoms with E-state index in [-0.39, 0.29) is 17.1 Å². The molecule has 0 aliphatic heterocycles. The minimum absolute atomic E-state index is 0.0129. The molecule has 10 heteroatoms. The quantitative estimate of drug-likeness (QED) is 0.454. The summed E-state index contributed by atoms with van der Waals surface area (Å²) in [6.07, 6.45) is -4.49. The molecule has 3 aromatic carbocycles. The second-order valence-electron chi connectivity index (χ2n) is 6.84. The van der Waals surface area contributed by atoms with Crippen molar-refractivity contribution >= 4 is 37.5 Å². The van der Waals surface area contributed by atoms with Gasteiger partial charge in [-0.3, -0.25) is 4.79 Å². The van der Waals surface area contributed by atoms with Crippen LogP contribution in [-0.4, -0.2) is 25.2 Å². The Morgan fingerprint density at radius 2 is 1.50 bits per heavy atom. The number of hydrogen-bond donors (Lipinski definition) is 1. The van der Waals surface area contributed by atoms with Crippen molar-refractivity contribution in [3.8, 4) is 0 Å². The van der Waals surface area contributed by atoms with Crippen molar-refractivity contribution in [3.63, 3.8) is 0 Å². The van der Waals surface area contributed by atoms with Crippen LogP contribution in [0.4, 0.5) is 18.9 Å². The standard InChI is InChI=1S/C22H18BrF3N2O3S/c23-18-8-12-20(13-9-18)32(30,31)28(14-16-4-2-1-3-5-16)15-21(29)27-19-10-6-17(7-11-19)22(24,25)26/h1-13H,14-15H2,(H,27,29). The van der Waals surface area contributed by atoms with Crippen molar-refractivity contribution < 1.29 is 26.4 Å². The molecule has 1 N–H and O–H groups in total. The van der Waals surface area contributed by atoms with Gasteiger partial charge in [-0.1, -0.05) is 46.3 Å². The molecule has 0 fully saturated rings. The highest BCUT2D eigenvalue weighted by atomic mass is 79.9. The third-order valence-electron chi connectivity index (χ3n) is 4.47. The number of amides is 1. The lowest BCUT2D eigenvalue weighted by Gasteiger charge is -2.22. The maximum Gasteiger partial charge on any atom is 0.416 e. The summed E-state index contributed by atoms with van der Waals surface area (Å²) in [5, 5.41) is 2.45. The van der Waals surface area contributed by atoms with Crippen LogP contribution >= 0.6 is 15.9 Å². The van der Waals surface area contributed by atoms with Crippen molar-refractivity contribution in [1.82, 2.24) is 4.31 Å². The molecule has 0 aromatic heterocycles. The molecule has 0 radical (unpaired) electrons. The zero-order valence-corrected chi connectivity index (χ0v) is 18.9. The van der Waals surface area contributed by atoms with Gasteiger partial charge in [-0.25, -0.2) is 8.42 Å². The molecule has 0 heterocycles. The Bertz CT molecular complexity index is 1170. The van der Waals surface area contributed by atoms with Crippen molar-refractivity contribution in [2.45, 2.75) is 17.6 Å². The number of carbonyl (C=O) groups is 1. The van der Waals surface area contributed by atoms with Gasteiger partial charge in [-0.15, -0.1) is 0 Å². The number of sulfonamides is 1. The molecule has 3 aromatic rings. The SMILES string of the molecule is O=C(CN(Cc1ccccc1)S(=O)(=O)c1ccc(Br)cc1)Nc1ccc(C(F)(F)F)cc1. The average molecular weight is 527 g/mol. The van der Waals surface area contributed by atoms with E-state index >= 15 is 0 Å². The van der Waals surface area contributed by atoms with Crippen molar-refractivity contribution in [2.75, 3.05) is 11.9 Å². The predicted octanol–water partition coefficient (Wildman–Crippen LogP) is 5.30. The van der Waals surface area contributed by atoms with Crippen molar-refractivity contribution in [2.24, 2.45) is 0 Å². The first-order valence-electron chi connectivity index (χ1n) is 9.32. The van der Waals surface area contributed by atoms with Crippen LogP contribution in [0.15, 0.2) is 88.2 Å². The summed E-state index contributed by atoms with van der Waals surface area (Å²) in [7, 11) is -4.03. The van der Waals surface area contributed by atoms with E-state index in [1.807, 2.05) is 0 Å². The van der Waals surface area contributed by atoms with Gasteiger partial charge in [-0.05, 0) is 54.1 Å². The third kappa shape index (κ3) is 6.18. The van der Waals surface area contributed by atoms with E-state index in [2.05, 4.69) is 21.2 Å². The maximum atomic E-state index is 13.2. The van der Waals surface area contributed by atoms with E-state index < -0.39 is 34.2 Å². The van der Waals surface area contributed by atoms with Crippen LogP contribution < -0.4 is 5.32 Å². The second-order valence-corrected chi connectivity index (χ2v) is 9.69. The molecule has 1 amide bonds. The van der Waals surface area contributed by atoms with Gasteiger partial charge >= 0.3 is 6.18 Å². The fourth-order valence-corrected chi connectivity index (χ4v) is 4.52. The molecule has 3 rings (SSSR count). The van der Waals surface area contributed by atoms with Crippen LogP contribution in [0.25, 0.3) is 0 Å². The molecule has 5 nitrogen and oxygen atoms in total. The van der Waals surface area contributed by atoms with E-state index in [0.717, 1.165) is 28.6 Å². The molecule has 0 unspecified atom stereocenters. The molecule has 0 saturated carbocycles. The largest absolute Gasteiger partial charge is 0.416 e. The molecular formula is C22H18BrF3N2O3S. The van der Waals surface area contributed by atoms with E-state index in [1.165, 1.54) is 12.1 Å². The lowest BCUT2D eigenvalue weighted by atomic mass is 10.2. The lowest BCUT2D eigenvalue weighted by molar-refractivity contribution is -0.137.